The second kappa shape index (κ2) is 11.3. The van der Waals surface area contributed by atoms with E-state index < -0.39 is 5.97 Å². The summed E-state index contributed by atoms with van der Waals surface area (Å²) < 4.78 is 12.4. The molecule has 0 saturated carbocycles. The van der Waals surface area contributed by atoms with Crippen LogP contribution in [-0.2, 0) is 20.9 Å². The summed E-state index contributed by atoms with van der Waals surface area (Å²) >= 11 is 0. The van der Waals surface area contributed by atoms with Gasteiger partial charge in [0.1, 0.15) is 6.61 Å². The third kappa shape index (κ3) is 6.02. The molecule has 7 nitrogen and oxygen atoms in total. The molecular weight excluding hydrogens is 442 g/mol. The van der Waals surface area contributed by atoms with Crippen LogP contribution in [0.5, 0.6) is 0 Å². The van der Waals surface area contributed by atoms with Gasteiger partial charge >= 0.3 is 5.97 Å². The monoisotopic (exact) mass is 469 g/mol. The quantitative estimate of drug-likeness (QED) is 0.342. The summed E-state index contributed by atoms with van der Waals surface area (Å²) in [4.78, 5) is 24.8. The fourth-order valence-electron chi connectivity index (χ4n) is 3.67. The third-order valence-corrected chi connectivity index (χ3v) is 5.32. The number of aryl methyl sites for hydroxylation is 1. The van der Waals surface area contributed by atoms with Crippen LogP contribution in [0, 0.1) is 6.92 Å². The van der Waals surface area contributed by atoms with E-state index in [-0.39, 0.29) is 24.8 Å². The lowest BCUT2D eigenvalue weighted by molar-refractivity contribution is -0.121. The molecule has 0 radical (unpaired) electrons. The number of ether oxygens (including phenoxy) is 2. The molecule has 35 heavy (non-hydrogen) atoms. The summed E-state index contributed by atoms with van der Waals surface area (Å²) in [5.41, 5.74) is 5.19. The van der Waals surface area contributed by atoms with Crippen LogP contribution in [-0.4, -0.2) is 34.9 Å². The van der Waals surface area contributed by atoms with Gasteiger partial charge in [-0.2, -0.15) is 5.10 Å². The molecular formula is C28H27N3O4. The minimum Gasteiger partial charge on any atom is -0.461 e. The van der Waals surface area contributed by atoms with Crippen molar-refractivity contribution in [3.8, 4) is 16.9 Å². The Labute approximate surface area is 204 Å². The van der Waals surface area contributed by atoms with E-state index >= 15 is 0 Å². The van der Waals surface area contributed by atoms with Crippen LogP contribution in [0.2, 0.25) is 0 Å². The number of hydrogen-bond acceptors (Lipinski definition) is 5. The number of anilines is 1. The average molecular weight is 470 g/mol. The fourth-order valence-corrected chi connectivity index (χ4v) is 3.67. The Morgan fingerprint density at radius 1 is 0.943 bits per heavy atom. The molecule has 0 atom stereocenters. The van der Waals surface area contributed by atoms with Gasteiger partial charge in [0.05, 0.1) is 24.6 Å². The largest absolute Gasteiger partial charge is 0.461 e. The van der Waals surface area contributed by atoms with E-state index in [1.54, 1.807) is 23.7 Å². The summed E-state index contributed by atoms with van der Waals surface area (Å²) in [6, 6.07) is 26.6. The molecule has 0 aliphatic carbocycles. The first-order chi connectivity index (χ1) is 17.0. The molecule has 0 bridgehead atoms. The maximum absolute atomic E-state index is 12.4. The SMILES string of the molecule is CCOC(=O)c1cc(-c2cccc(NC(=O)COCc3ccccc3)c2)n(-c2ccccc2C)n1. The van der Waals surface area contributed by atoms with Crippen molar-refractivity contribution in [3.05, 3.63) is 102 Å². The minimum atomic E-state index is -0.485. The van der Waals surface area contributed by atoms with Gasteiger partial charge in [0.2, 0.25) is 5.91 Å². The van der Waals surface area contributed by atoms with Crippen molar-refractivity contribution >= 4 is 17.6 Å². The molecule has 1 N–H and O–H groups in total. The number of amides is 1. The number of esters is 1. The molecule has 0 saturated heterocycles. The van der Waals surface area contributed by atoms with E-state index in [0.29, 0.717) is 18.0 Å². The summed E-state index contributed by atoms with van der Waals surface area (Å²) in [7, 11) is 0. The third-order valence-electron chi connectivity index (χ3n) is 5.32. The predicted molar refractivity (Wildman–Crippen MR) is 134 cm³/mol. The molecule has 4 aromatic rings. The van der Waals surface area contributed by atoms with Crippen LogP contribution in [0.15, 0.2) is 84.9 Å². The van der Waals surface area contributed by atoms with Gasteiger partial charge in [0, 0.05) is 11.3 Å². The van der Waals surface area contributed by atoms with Gasteiger partial charge in [-0.3, -0.25) is 4.79 Å². The zero-order valence-electron chi connectivity index (χ0n) is 19.7. The lowest BCUT2D eigenvalue weighted by atomic mass is 10.1. The van der Waals surface area contributed by atoms with E-state index in [9.17, 15) is 9.59 Å². The topological polar surface area (TPSA) is 82.5 Å². The minimum absolute atomic E-state index is 0.0622. The normalized spacial score (nSPS) is 10.7. The van der Waals surface area contributed by atoms with Gasteiger partial charge in [0.25, 0.3) is 0 Å². The molecule has 1 amide bonds. The lowest BCUT2D eigenvalue weighted by Gasteiger charge is -2.12. The van der Waals surface area contributed by atoms with Crippen molar-refractivity contribution in [2.45, 2.75) is 20.5 Å². The molecule has 3 aromatic carbocycles. The number of aromatic nitrogens is 2. The molecule has 0 aliphatic rings. The number of hydrogen-bond donors (Lipinski definition) is 1. The number of nitrogens with one attached hydrogen (secondary N) is 1. The molecule has 1 heterocycles. The average Bonchev–Trinajstić information content (AvgIpc) is 3.31. The van der Waals surface area contributed by atoms with Gasteiger partial charge in [-0.15, -0.1) is 0 Å². The van der Waals surface area contributed by atoms with Crippen molar-refractivity contribution < 1.29 is 19.1 Å². The van der Waals surface area contributed by atoms with Gasteiger partial charge in [-0.1, -0.05) is 60.7 Å². The first-order valence-electron chi connectivity index (χ1n) is 11.4. The van der Waals surface area contributed by atoms with Crippen LogP contribution < -0.4 is 5.32 Å². The fraction of sp³-hybridized carbons (Fsp3) is 0.179. The second-order valence-corrected chi connectivity index (χ2v) is 7.94. The highest BCUT2D eigenvalue weighted by atomic mass is 16.5. The Balaban J connectivity index is 1.55. The number of benzene rings is 3. The summed E-state index contributed by atoms with van der Waals surface area (Å²) in [5, 5.41) is 7.40. The highest BCUT2D eigenvalue weighted by molar-refractivity contribution is 5.93. The summed E-state index contributed by atoms with van der Waals surface area (Å²) in [6.45, 7) is 4.30. The Morgan fingerprint density at radius 2 is 1.71 bits per heavy atom. The summed E-state index contributed by atoms with van der Waals surface area (Å²) in [6.07, 6.45) is 0. The van der Waals surface area contributed by atoms with Crippen LogP contribution >= 0.6 is 0 Å². The van der Waals surface area contributed by atoms with Crippen LogP contribution in [0.3, 0.4) is 0 Å². The van der Waals surface area contributed by atoms with Gasteiger partial charge < -0.3 is 14.8 Å². The molecule has 1 aromatic heterocycles. The van der Waals surface area contributed by atoms with Crippen molar-refractivity contribution in [2.24, 2.45) is 0 Å². The van der Waals surface area contributed by atoms with E-state index in [0.717, 1.165) is 22.4 Å². The van der Waals surface area contributed by atoms with Crippen LogP contribution in [0.25, 0.3) is 16.9 Å². The first-order valence-corrected chi connectivity index (χ1v) is 11.4. The van der Waals surface area contributed by atoms with Gasteiger partial charge in [0.15, 0.2) is 5.69 Å². The van der Waals surface area contributed by atoms with Gasteiger partial charge in [-0.25, -0.2) is 9.48 Å². The number of rotatable bonds is 9. The van der Waals surface area contributed by atoms with E-state index in [4.69, 9.17) is 9.47 Å². The molecule has 0 aliphatic heterocycles. The molecule has 0 spiro atoms. The van der Waals surface area contributed by atoms with Gasteiger partial charge in [-0.05, 0) is 49.2 Å². The Kier molecular flexibility index (Phi) is 7.70. The lowest BCUT2D eigenvalue weighted by Crippen LogP contribution is -2.18. The van der Waals surface area contributed by atoms with Crippen molar-refractivity contribution in [2.75, 3.05) is 18.5 Å². The molecule has 178 valence electrons. The number of carbonyl (C=O) groups excluding carboxylic acids is 2. The maximum atomic E-state index is 12.4. The van der Waals surface area contributed by atoms with Crippen LogP contribution in [0.4, 0.5) is 5.69 Å². The van der Waals surface area contributed by atoms with Crippen molar-refractivity contribution in [3.63, 3.8) is 0 Å². The number of carbonyl (C=O) groups is 2. The number of nitrogens with zero attached hydrogens (tertiary/aromatic N) is 2. The molecule has 0 unspecified atom stereocenters. The predicted octanol–water partition coefficient (Wildman–Crippen LogP) is 5.18. The first kappa shape index (κ1) is 23.9. The Morgan fingerprint density at radius 3 is 2.49 bits per heavy atom. The maximum Gasteiger partial charge on any atom is 0.358 e. The Hall–Kier alpha value is -4.23. The summed E-state index contributed by atoms with van der Waals surface area (Å²) in [5.74, 6) is -0.737. The highest BCUT2D eigenvalue weighted by Crippen LogP contribution is 2.28. The molecule has 0 fully saturated rings. The van der Waals surface area contributed by atoms with Crippen molar-refractivity contribution in [1.29, 1.82) is 0 Å². The zero-order chi connectivity index (χ0) is 24.6. The van der Waals surface area contributed by atoms with Crippen LogP contribution in [0.1, 0.15) is 28.5 Å². The van der Waals surface area contributed by atoms with E-state index in [2.05, 4.69) is 10.4 Å². The highest BCUT2D eigenvalue weighted by Gasteiger charge is 2.19. The second-order valence-electron chi connectivity index (χ2n) is 7.94. The zero-order valence-corrected chi connectivity index (χ0v) is 19.7. The molecule has 7 heteroatoms. The van der Waals surface area contributed by atoms with E-state index in [1.165, 1.54) is 0 Å². The smallest absolute Gasteiger partial charge is 0.358 e. The number of para-hydroxylation sites is 1. The van der Waals surface area contributed by atoms with E-state index in [1.807, 2.05) is 79.7 Å². The molecule has 4 rings (SSSR count). The standard InChI is InChI=1S/C28H27N3O4/c1-3-35-28(33)24-17-26(31(30-24)25-15-8-7-10-20(25)2)22-13-9-14-23(16-22)29-27(32)19-34-18-21-11-5-4-6-12-21/h4-17H,3,18-19H2,1-2H3,(H,29,32). The Bertz CT molecular complexity index is 1310. The van der Waals surface area contributed by atoms with Crippen molar-refractivity contribution in [1.82, 2.24) is 9.78 Å².